The van der Waals surface area contributed by atoms with Gasteiger partial charge in [-0.15, -0.1) is 0 Å². The summed E-state index contributed by atoms with van der Waals surface area (Å²) in [6, 6.07) is 6.28. The van der Waals surface area contributed by atoms with Crippen LogP contribution in [0.1, 0.15) is 24.5 Å². The molecule has 0 saturated carbocycles. The zero-order chi connectivity index (χ0) is 15.2. The maximum absolute atomic E-state index is 11.4. The highest BCUT2D eigenvalue weighted by molar-refractivity contribution is 9.10. The van der Waals surface area contributed by atoms with Crippen molar-refractivity contribution in [1.82, 2.24) is 9.62 Å². The summed E-state index contributed by atoms with van der Waals surface area (Å²) in [4.78, 5) is 0. The molecule has 0 heterocycles. The van der Waals surface area contributed by atoms with Gasteiger partial charge in [-0.05, 0) is 37.1 Å². The van der Waals surface area contributed by atoms with Crippen LogP contribution in [-0.2, 0) is 16.6 Å². The van der Waals surface area contributed by atoms with Crippen molar-refractivity contribution in [3.63, 3.8) is 0 Å². The summed E-state index contributed by atoms with van der Waals surface area (Å²) >= 11 is 3.48. The fraction of sp³-hybridized carbons (Fsp3) is 0.571. The molecule has 0 aliphatic rings. The molecule has 6 heteroatoms. The lowest BCUT2D eigenvalue weighted by atomic mass is 10.1. The number of halogens is 1. The number of sulfonamides is 1. The van der Waals surface area contributed by atoms with Gasteiger partial charge in [0.2, 0.25) is 10.0 Å². The molecular weight excluding hydrogens is 340 g/mol. The molecule has 0 bridgehead atoms. The van der Waals surface area contributed by atoms with E-state index in [1.165, 1.54) is 21.7 Å². The summed E-state index contributed by atoms with van der Waals surface area (Å²) in [6.45, 7) is 6.64. The molecule has 0 fully saturated rings. The second-order valence-corrected chi connectivity index (χ2v) is 7.71. The van der Waals surface area contributed by atoms with E-state index in [0.29, 0.717) is 13.1 Å². The number of benzene rings is 1. The third-order valence-corrected chi connectivity index (χ3v) is 5.40. The minimum absolute atomic E-state index is 0.532. The number of hydrogen-bond acceptors (Lipinski definition) is 3. The van der Waals surface area contributed by atoms with Crippen molar-refractivity contribution in [2.24, 2.45) is 0 Å². The van der Waals surface area contributed by atoms with E-state index in [1.54, 1.807) is 0 Å². The first-order valence-corrected chi connectivity index (χ1v) is 9.39. The Morgan fingerprint density at radius 3 is 2.60 bits per heavy atom. The van der Waals surface area contributed by atoms with Gasteiger partial charge < -0.3 is 5.32 Å². The summed E-state index contributed by atoms with van der Waals surface area (Å²) in [7, 11) is -3.06. The molecular formula is C14H23BrN2O2S. The van der Waals surface area contributed by atoms with Crippen LogP contribution in [0.5, 0.6) is 0 Å². The Kier molecular flexibility index (Phi) is 7.15. The molecule has 1 aromatic rings. The summed E-state index contributed by atoms with van der Waals surface area (Å²) in [5.74, 6) is 0. The van der Waals surface area contributed by atoms with E-state index in [0.717, 1.165) is 24.0 Å². The molecule has 0 aliphatic carbocycles. The van der Waals surface area contributed by atoms with Gasteiger partial charge in [0.05, 0.1) is 6.26 Å². The molecule has 0 spiro atoms. The second-order valence-electron chi connectivity index (χ2n) is 4.87. The van der Waals surface area contributed by atoms with E-state index >= 15 is 0 Å². The van der Waals surface area contributed by atoms with E-state index in [4.69, 9.17) is 0 Å². The van der Waals surface area contributed by atoms with Crippen LogP contribution in [0.25, 0.3) is 0 Å². The van der Waals surface area contributed by atoms with Crippen LogP contribution in [0.4, 0.5) is 0 Å². The first-order chi connectivity index (χ1) is 9.34. The SMILES string of the molecule is CCN(CCCNCc1ccc(Br)c(C)c1)S(C)(=O)=O. The van der Waals surface area contributed by atoms with Crippen LogP contribution >= 0.6 is 15.9 Å². The second kappa shape index (κ2) is 8.12. The summed E-state index contributed by atoms with van der Waals surface area (Å²) < 4.78 is 25.5. The molecule has 1 rings (SSSR count). The van der Waals surface area contributed by atoms with Crippen LogP contribution in [0.3, 0.4) is 0 Å². The highest BCUT2D eigenvalue weighted by Crippen LogP contribution is 2.16. The molecule has 0 aromatic heterocycles. The van der Waals surface area contributed by atoms with Crippen molar-refractivity contribution in [2.75, 3.05) is 25.9 Å². The van der Waals surface area contributed by atoms with Crippen LogP contribution in [-0.4, -0.2) is 38.6 Å². The third-order valence-electron chi connectivity index (χ3n) is 3.13. The average molecular weight is 363 g/mol. The monoisotopic (exact) mass is 362 g/mol. The molecule has 20 heavy (non-hydrogen) atoms. The molecule has 0 saturated heterocycles. The van der Waals surface area contributed by atoms with Gasteiger partial charge >= 0.3 is 0 Å². The Labute approximate surface area is 130 Å². The Bertz CT molecular complexity index is 532. The molecule has 0 unspecified atom stereocenters. The Morgan fingerprint density at radius 1 is 1.35 bits per heavy atom. The zero-order valence-electron chi connectivity index (χ0n) is 12.3. The number of nitrogens with one attached hydrogen (secondary N) is 1. The maximum atomic E-state index is 11.4. The lowest BCUT2D eigenvalue weighted by Crippen LogP contribution is -2.32. The molecule has 1 aromatic carbocycles. The standard InChI is InChI=1S/C14H23BrN2O2S/c1-4-17(20(3,18)19)9-5-8-16-11-13-6-7-14(15)12(2)10-13/h6-7,10,16H,4-5,8-9,11H2,1-3H3. The molecule has 0 aliphatic heterocycles. The van der Waals surface area contributed by atoms with E-state index < -0.39 is 10.0 Å². The molecule has 114 valence electrons. The number of rotatable bonds is 8. The van der Waals surface area contributed by atoms with Gasteiger partial charge in [0.25, 0.3) is 0 Å². The van der Waals surface area contributed by atoms with Crippen LogP contribution < -0.4 is 5.32 Å². The van der Waals surface area contributed by atoms with Crippen LogP contribution in [0.15, 0.2) is 22.7 Å². The highest BCUT2D eigenvalue weighted by Gasteiger charge is 2.12. The van der Waals surface area contributed by atoms with Gasteiger partial charge in [0.1, 0.15) is 0 Å². The van der Waals surface area contributed by atoms with Gasteiger partial charge in [-0.3, -0.25) is 0 Å². The van der Waals surface area contributed by atoms with Gasteiger partial charge in [-0.25, -0.2) is 12.7 Å². The first-order valence-electron chi connectivity index (χ1n) is 6.75. The van der Waals surface area contributed by atoms with Crippen molar-refractivity contribution in [3.05, 3.63) is 33.8 Å². The third kappa shape index (κ3) is 5.91. The van der Waals surface area contributed by atoms with Gasteiger partial charge in [-0.2, -0.15) is 0 Å². The number of hydrogen-bond donors (Lipinski definition) is 1. The smallest absolute Gasteiger partial charge is 0.211 e. The van der Waals surface area contributed by atoms with Crippen LogP contribution in [0.2, 0.25) is 0 Å². The lowest BCUT2D eigenvalue weighted by Gasteiger charge is -2.17. The van der Waals surface area contributed by atoms with Crippen molar-refractivity contribution in [2.45, 2.75) is 26.8 Å². The van der Waals surface area contributed by atoms with E-state index in [-0.39, 0.29) is 0 Å². The molecule has 0 atom stereocenters. The largest absolute Gasteiger partial charge is 0.313 e. The number of aryl methyl sites for hydroxylation is 1. The minimum atomic E-state index is -3.06. The quantitative estimate of drug-likeness (QED) is 0.722. The van der Waals surface area contributed by atoms with Crippen LogP contribution in [0, 0.1) is 6.92 Å². The zero-order valence-corrected chi connectivity index (χ0v) is 14.7. The maximum Gasteiger partial charge on any atom is 0.211 e. The van der Waals surface area contributed by atoms with Crippen molar-refractivity contribution < 1.29 is 8.42 Å². The van der Waals surface area contributed by atoms with Crippen molar-refractivity contribution >= 4 is 26.0 Å². The van der Waals surface area contributed by atoms with Crippen molar-refractivity contribution in [1.29, 1.82) is 0 Å². The van der Waals surface area contributed by atoms with E-state index in [1.807, 2.05) is 6.92 Å². The predicted octanol–water partition coefficient (Wildman–Crippen LogP) is 2.52. The molecule has 4 nitrogen and oxygen atoms in total. The normalized spacial score (nSPS) is 12.1. The minimum Gasteiger partial charge on any atom is -0.313 e. The van der Waals surface area contributed by atoms with E-state index in [9.17, 15) is 8.42 Å². The Hall–Kier alpha value is -0.430. The van der Waals surface area contributed by atoms with Crippen molar-refractivity contribution in [3.8, 4) is 0 Å². The van der Waals surface area contributed by atoms with E-state index in [2.05, 4.69) is 46.4 Å². The predicted molar refractivity (Wildman–Crippen MR) is 87.3 cm³/mol. The Balaban J connectivity index is 2.30. The number of nitrogens with zero attached hydrogens (tertiary/aromatic N) is 1. The van der Waals surface area contributed by atoms with Gasteiger partial charge in [0, 0.05) is 24.1 Å². The lowest BCUT2D eigenvalue weighted by molar-refractivity contribution is 0.419. The fourth-order valence-corrected chi connectivity index (χ4v) is 3.16. The average Bonchev–Trinajstić information content (AvgIpc) is 2.36. The highest BCUT2D eigenvalue weighted by atomic mass is 79.9. The van der Waals surface area contributed by atoms with Gasteiger partial charge in [0.15, 0.2) is 0 Å². The Morgan fingerprint density at radius 2 is 2.05 bits per heavy atom. The fourth-order valence-electron chi connectivity index (χ4n) is 1.99. The summed E-state index contributed by atoms with van der Waals surface area (Å²) in [5, 5.41) is 3.34. The molecule has 0 amide bonds. The molecule has 0 radical (unpaired) electrons. The van der Waals surface area contributed by atoms with Gasteiger partial charge in [-0.1, -0.05) is 35.0 Å². The topological polar surface area (TPSA) is 49.4 Å². The summed E-state index contributed by atoms with van der Waals surface area (Å²) in [5.41, 5.74) is 2.46. The summed E-state index contributed by atoms with van der Waals surface area (Å²) in [6.07, 6.45) is 2.07. The molecule has 1 N–H and O–H groups in total. The first kappa shape index (κ1) is 17.6.